The van der Waals surface area contributed by atoms with Crippen LogP contribution in [0, 0.1) is 6.92 Å². The molecule has 0 fully saturated rings. The van der Waals surface area contributed by atoms with Crippen molar-refractivity contribution in [3.05, 3.63) is 53.3 Å². The minimum atomic E-state index is -3.25. The highest BCUT2D eigenvalue weighted by Gasteiger charge is 2.19. The Balaban J connectivity index is 1.89. The first kappa shape index (κ1) is 20.0. The van der Waals surface area contributed by atoms with Crippen LogP contribution in [0.3, 0.4) is 0 Å². The van der Waals surface area contributed by atoms with E-state index in [2.05, 4.69) is 15.4 Å². The number of hydrogen-bond donors (Lipinski definition) is 1. The normalized spacial score (nSPS) is 13.1. The van der Waals surface area contributed by atoms with Gasteiger partial charge in [0.05, 0.1) is 28.1 Å². The van der Waals surface area contributed by atoms with Gasteiger partial charge in [-0.25, -0.2) is 18.1 Å². The summed E-state index contributed by atoms with van der Waals surface area (Å²) in [6.45, 7) is 7.73. The summed E-state index contributed by atoms with van der Waals surface area (Å²) in [4.78, 5) is 17.7. The predicted octanol–water partition coefficient (Wildman–Crippen LogP) is 3.22. The maximum atomic E-state index is 12.9. The van der Waals surface area contributed by atoms with Gasteiger partial charge in [0.15, 0.2) is 15.5 Å². The lowest BCUT2D eigenvalue weighted by molar-refractivity contribution is 0.0941. The molecular formula is C20H24N4O3S. The Morgan fingerprint density at radius 1 is 1.14 bits per heavy atom. The Labute approximate surface area is 164 Å². The van der Waals surface area contributed by atoms with Gasteiger partial charge in [0.2, 0.25) is 0 Å². The number of amides is 1. The Morgan fingerprint density at radius 3 is 2.36 bits per heavy atom. The van der Waals surface area contributed by atoms with Crippen LogP contribution in [0.5, 0.6) is 0 Å². The van der Waals surface area contributed by atoms with E-state index in [-0.39, 0.29) is 22.9 Å². The van der Waals surface area contributed by atoms with Crippen molar-refractivity contribution in [1.29, 1.82) is 0 Å². The molecule has 0 spiro atoms. The number of rotatable bonds is 5. The first-order chi connectivity index (χ1) is 13.1. The molecule has 1 aromatic carbocycles. The molecule has 28 heavy (non-hydrogen) atoms. The summed E-state index contributed by atoms with van der Waals surface area (Å²) in [5.41, 5.74) is 2.77. The first-order valence-corrected chi connectivity index (χ1v) is 10.9. The number of carbonyl (C=O) groups is 1. The van der Waals surface area contributed by atoms with E-state index >= 15 is 0 Å². The van der Waals surface area contributed by atoms with Crippen molar-refractivity contribution in [1.82, 2.24) is 20.1 Å². The summed E-state index contributed by atoms with van der Waals surface area (Å²) < 4.78 is 25.0. The molecule has 0 aliphatic rings. The molecule has 1 amide bonds. The van der Waals surface area contributed by atoms with Crippen LogP contribution in [0.15, 0.2) is 41.4 Å². The maximum Gasteiger partial charge on any atom is 0.252 e. The molecule has 1 unspecified atom stereocenters. The van der Waals surface area contributed by atoms with Gasteiger partial charge in [0, 0.05) is 18.0 Å². The highest BCUT2D eigenvalue weighted by atomic mass is 32.2. The van der Waals surface area contributed by atoms with Gasteiger partial charge in [-0.1, -0.05) is 12.1 Å². The van der Waals surface area contributed by atoms with E-state index in [4.69, 9.17) is 0 Å². The smallest absolute Gasteiger partial charge is 0.252 e. The highest BCUT2D eigenvalue weighted by molar-refractivity contribution is 7.90. The third kappa shape index (κ3) is 3.91. The van der Waals surface area contributed by atoms with Crippen LogP contribution in [0.2, 0.25) is 0 Å². The minimum absolute atomic E-state index is 0.134. The number of pyridine rings is 1. The van der Waals surface area contributed by atoms with Crippen molar-refractivity contribution in [3.63, 3.8) is 0 Å². The molecule has 3 aromatic rings. The van der Waals surface area contributed by atoms with Crippen LogP contribution in [-0.2, 0) is 9.84 Å². The van der Waals surface area contributed by atoms with Crippen molar-refractivity contribution >= 4 is 26.8 Å². The number of carbonyl (C=O) groups excluding carboxylic acids is 1. The molecule has 7 nitrogen and oxygen atoms in total. The minimum Gasteiger partial charge on any atom is -0.345 e. The molecule has 8 heteroatoms. The molecule has 2 aromatic heterocycles. The standard InChI is InChI=1S/C20H24N4O3S/c1-12(2)24-19-18(11-21-24)17(10-13(3)22-19)20(25)23-14(4)15-6-8-16(9-7-15)28(5,26)27/h6-12,14H,1-5H3,(H,23,25). The number of nitrogens with one attached hydrogen (secondary N) is 1. The van der Waals surface area contributed by atoms with Gasteiger partial charge >= 0.3 is 0 Å². The quantitative estimate of drug-likeness (QED) is 0.710. The molecule has 0 aliphatic carbocycles. The van der Waals surface area contributed by atoms with Gasteiger partial charge in [-0.2, -0.15) is 5.10 Å². The molecule has 0 saturated carbocycles. The summed E-state index contributed by atoms with van der Waals surface area (Å²) in [5, 5.41) is 8.05. The number of nitrogens with zero attached hydrogens (tertiary/aromatic N) is 3. The topological polar surface area (TPSA) is 94.0 Å². The third-order valence-electron chi connectivity index (χ3n) is 4.58. The molecular weight excluding hydrogens is 376 g/mol. The summed E-state index contributed by atoms with van der Waals surface area (Å²) >= 11 is 0. The second-order valence-corrected chi connectivity index (χ2v) is 9.28. The van der Waals surface area contributed by atoms with Crippen LogP contribution in [0.1, 0.15) is 54.5 Å². The molecule has 0 radical (unpaired) electrons. The fourth-order valence-electron chi connectivity index (χ4n) is 3.07. The zero-order valence-electron chi connectivity index (χ0n) is 16.6. The molecule has 3 rings (SSSR count). The number of aromatic nitrogens is 3. The average molecular weight is 401 g/mol. The van der Waals surface area contributed by atoms with Crippen molar-refractivity contribution in [2.24, 2.45) is 0 Å². The second-order valence-electron chi connectivity index (χ2n) is 7.27. The van der Waals surface area contributed by atoms with Gasteiger partial charge in [-0.15, -0.1) is 0 Å². The molecule has 2 heterocycles. The van der Waals surface area contributed by atoms with Crippen LogP contribution in [0.25, 0.3) is 11.0 Å². The van der Waals surface area contributed by atoms with Gasteiger partial charge in [-0.3, -0.25) is 4.79 Å². The van der Waals surface area contributed by atoms with E-state index in [0.29, 0.717) is 16.6 Å². The molecule has 148 valence electrons. The van der Waals surface area contributed by atoms with Crippen LogP contribution in [-0.4, -0.2) is 35.3 Å². The van der Waals surface area contributed by atoms with Crippen LogP contribution in [0.4, 0.5) is 0 Å². The Morgan fingerprint density at radius 2 is 1.79 bits per heavy atom. The van der Waals surface area contributed by atoms with E-state index in [9.17, 15) is 13.2 Å². The maximum absolute atomic E-state index is 12.9. The zero-order chi connectivity index (χ0) is 20.6. The van der Waals surface area contributed by atoms with Gasteiger partial charge < -0.3 is 5.32 Å². The Bertz CT molecular complexity index is 1130. The average Bonchev–Trinajstić information content (AvgIpc) is 3.04. The van der Waals surface area contributed by atoms with Gasteiger partial charge in [0.25, 0.3) is 5.91 Å². The largest absolute Gasteiger partial charge is 0.345 e. The Kier molecular flexibility index (Phi) is 5.25. The molecule has 1 N–H and O–H groups in total. The van der Waals surface area contributed by atoms with Crippen LogP contribution >= 0.6 is 0 Å². The summed E-state index contributed by atoms with van der Waals surface area (Å²) in [5.74, 6) is -0.224. The number of fused-ring (bicyclic) bond motifs is 1. The number of hydrogen-bond acceptors (Lipinski definition) is 5. The molecule has 0 bridgehead atoms. The summed E-state index contributed by atoms with van der Waals surface area (Å²) in [7, 11) is -3.25. The molecule has 0 aliphatic heterocycles. The van der Waals surface area contributed by atoms with E-state index < -0.39 is 9.84 Å². The van der Waals surface area contributed by atoms with Crippen molar-refractivity contribution < 1.29 is 13.2 Å². The first-order valence-electron chi connectivity index (χ1n) is 9.03. The number of benzene rings is 1. The van der Waals surface area contributed by atoms with Gasteiger partial charge in [0.1, 0.15) is 0 Å². The SMILES string of the molecule is Cc1cc(C(=O)NC(C)c2ccc(S(C)(=O)=O)cc2)c2cnn(C(C)C)c2n1. The monoisotopic (exact) mass is 400 g/mol. The molecule has 0 saturated heterocycles. The summed E-state index contributed by atoms with van der Waals surface area (Å²) in [6.07, 6.45) is 2.84. The molecule has 1 atom stereocenters. The number of sulfone groups is 1. The van der Waals surface area contributed by atoms with Gasteiger partial charge in [-0.05, 0) is 51.5 Å². The van der Waals surface area contributed by atoms with Crippen molar-refractivity contribution in [2.75, 3.05) is 6.26 Å². The van der Waals surface area contributed by atoms with Crippen molar-refractivity contribution in [3.8, 4) is 0 Å². The number of aryl methyl sites for hydroxylation is 1. The van der Waals surface area contributed by atoms with E-state index in [1.807, 2.05) is 27.7 Å². The lowest BCUT2D eigenvalue weighted by Gasteiger charge is -2.15. The summed E-state index contributed by atoms with van der Waals surface area (Å²) in [6, 6.07) is 8.13. The third-order valence-corrected chi connectivity index (χ3v) is 5.71. The van der Waals surface area contributed by atoms with E-state index in [1.54, 1.807) is 41.2 Å². The van der Waals surface area contributed by atoms with Crippen LogP contribution < -0.4 is 5.32 Å². The fraction of sp³-hybridized carbons (Fsp3) is 0.350. The lowest BCUT2D eigenvalue weighted by Crippen LogP contribution is -2.27. The predicted molar refractivity (Wildman–Crippen MR) is 108 cm³/mol. The fourth-order valence-corrected chi connectivity index (χ4v) is 3.70. The second kappa shape index (κ2) is 7.35. The highest BCUT2D eigenvalue weighted by Crippen LogP contribution is 2.22. The Hall–Kier alpha value is -2.74. The van der Waals surface area contributed by atoms with E-state index in [1.165, 1.54) is 6.26 Å². The zero-order valence-corrected chi connectivity index (χ0v) is 17.4. The van der Waals surface area contributed by atoms with Crippen molar-refractivity contribution in [2.45, 2.75) is 44.7 Å². The van der Waals surface area contributed by atoms with E-state index in [0.717, 1.165) is 11.3 Å². The lowest BCUT2D eigenvalue weighted by atomic mass is 10.1.